The molecule has 2 saturated heterocycles. The summed E-state index contributed by atoms with van der Waals surface area (Å²) in [6, 6.07) is 10.3. The first-order chi connectivity index (χ1) is 9.33. The lowest BCUT2D eigenvalue weighted by Crippen LogP contribution is -2.38. The van der Waals surface area contributed by atoms with Crippen molar-refractivity contribution in [1.82, 2.24) is 5.32 Å². The maximum Gasteiger partial charge on any atom is 0.323 e. The number of hydrogen-bond donors (Lipinski definition) is 1. The SMILES string of the molecule is O=C(OCCc1ccccc1)[C@@H]1C[C@H]2COC[C@H]2N1. The van der Waals surface area contributed by atoms with Gasteiger partial charge in [0, 0.05) is 18.4 Å². The fourth-order valence-electron chi connectivity index (χ4n) is 2.82. The number of carbonyl (C=O) groups excluding carboxylic acids is 1. The fourth-order valence-corrected chi connectivity index (χ4v) is 2.82. The molecule has 0 radical (unpaired) electrons. The number of fused-ring (bicyclic) bond motifs is 1. The van der Waals surface area contributed by atoms with Gasteiger partial charge < -0.3 is 9.47 Å². The van der Waals surface area contributed by atoms with Crippen molar-refractivity contribution in [3.8, 4) is 0 Å². The zero-order chi connectivity index (χ0) is 13.1. The molecule has 4 nitrogen and oxygen atoms in total. The Bertz CT molecular complexity index is 422. The van der Waals surface area contributed by atoms with E-state index in [9.17, 15) is 4.79 Å². The molecule has 1 N–H and O–H groups in total. The monoisotopic (exact) mass is 261 g/mol. The molecule has 2 aliphatic heterocycles. The van der Waals surface area contributed by atoms with Crippen molar-refractivity contribution >= 4 is 5.97 Å². The van der Waals surface area contributed by atoms with Crippen molar-refractivity contribution in [3.05, 3.63) is 35.9 Å². The van der Waals surface area contributed by atoms with Crippen LogP contribution in [0.5, 0.6) is 0 Å². The van der Waals surface area contributed by atoms with Crippen LogP contribution in [0.1, 0.15) is 12.0 Å². The Morgan fingerprint density at radius 1 is 1.32 bits per heavy atom. The van der Waals surface area contributed by atoms with Gasteiger partial charge in [0.2, 0.25) is 0 Å². The van der Waals surface area contributed by atoms with Crippen LogP contribution in [0.2, 0.25) is 0 Å². The van der Waals surface area contributed by atoms with Crippen LogP contribution in [0.15, 0.2) is 30.3 Å². The highest BCUT2D eigenvalue weighted by Gasteiger charge is 2.41. The van der Waals surface area contributed by atoms with Crippen molar-refractivity contribution in [2.45, 2.75) is 24.9 Å². The number of esters is 1. The van der Waals surface area contributed by atoms with Gasteiger partial charge in [-0.2, -0.15) is 0 Å². The quantitative estimate of drug-likeness (QED) is 0.826. The second kappa shape index (κ2) is 5.72. The highest BCUT2D eigenvalue weighted by molar-refractivity contribution is 5.76. The molecule has 0 unspecified atom stereocenters. The lowest BCUT2D eigenvalue weighted by molar-refractivity contribution is -0.145. The molecule has 19 heavy (non-hydrogen) atoms. The van der Waals surface area contributed by atoms with Gasteiger partial charge in [-0.25, -0.2) is 0 Å². The van der Waals surface area contributed by atoms with Crippen LogP contribution in [0.4, 0.5) is 0 Å². The fraction of sp³-hybridized carbons (Fsp3) is 0.533. The average Bonchev–Trinajstić information content (AvgIpc) is 3.00. The van der Waals surface area contributed by atoms with E-state index in [2.05, 4.69) is 5.32 Å². The summed E-state index contributed by atoms with van der Waals surface area (Å²) in [7, 11) is 0. The molecule has 0 bridgehead atoms. The Hall–Kier alpha value is -1.39. The minimum atomic E-state index is -0.144. The van der Waals surface area contributed by atoms with E-state index in [-0.39, 0.29) is 12.0 Å². The summed E-state index contributed by atoms with van der Waals surface area (Å²) in [5, 5.41) is 3.30. The minimum Gasteiger partial charge on any atom is -0.464 e. The van der Waals surface area contributed by atoms with E-state index in [1.807, 2.05) is 30.3 Å². The number of hydrogen-bond acceptors (Lipinski definition) is 4. The number of carbonyl (C=O) groups is 1. The van der Waals surface area contributed by atoms with Crippen molar-refractivity contribution in [3.63, 3.8) is 0 Å². The van der Waals surface area contributed by atoms with Crippen LogP contribution in [0.3, 0.4) is 0 Å². The molecule has 0 aliphatic carbocycles. The highest BCUT2D eigenvalue weighted by Crippen LogP contribution is 2.26. The summed E-state index contributed by atoms with van der Waals surface area (Å²) in [6.45, 7) is 1.94. The average molecular weight is 261 g/mol. The topological polar surface area (TPSA) is 47.6 Å². The second-order valence-electron chi connectivity index (χ2n) is 5.26. The predicted molar refractivity (Wildman–Crippen MR) is 70.7 cm³/mol. The lowest BCUT2D eigenvalue weighted by Gasteiger charge is -2.12. The van der Waals surface area contributed by atoms with Gasteiger partial charge in [0.05, 0.1) is 19.8 Å². The Balaban J connectivity index is 1.42. The predicted octanol–water partition coefficient (Wildman–Crippen LogP) is 1.15. The van der Waals surface area contributed by atoms with Crippen molar-refractivity contribution in [1.29, 1.82) is 0 Å². The maximum absolute atomic E-state index is 11.9. The van der Waals surface area contributed by atoms with Crippen LogP contribution in [-0.4, -0.2) is 37.9 Å². The van der Waals surface area contributed by atoms with E-state index in [4.69, 9.17) is 9.47 Å². The Labute approximate surface area is 113 Å². The van der Waals surface area contributed by atoms with Gasteiger partial charge in [-0.1, -0.05) is 30.3 Å². The smallest absolute Gasteiger partial charge is 0.323 e. The van der Waals surface area contributed by atoms with Gasteiger partial charge in [-0.05, 0) is 12.0 Å². The molecule has 3 atom stereocenters. The number of nitrogens with one attached hydrogen (secondary N) is 1. The van der Waals surface area contributed by atoms with E-state index in [0.29, 0.717) is 18.6 Å². The van der Waals surface area contributed by atoms with Crippen LogP contribution in [0.25, 0.3) is 0 Å². The summed E-state index contributed by atoms with van der Waals surface area (Å²) < 4.78 is 10.7. The second-order valence-corrected chi connectivity index (χ2v) is 5.26. The molecule has 2 fully saturated rings. The molecule has 1 aromatic carbocycles. The summed E-state index contributed by atoms with van der Waals surface area (Å²) in [6.07, 6.45) is 1.62. The molecule has 0 spiro atoms. The number of benzene rings is 1. The Morgan fingerprint density at radius 2 is 2.16 bits per heavy atom. The summed E-state index contributed by atoms with van der Waals surface area (Å²) in [4.78, 5) is 11.9. The van der Waals surface area contributed by atoms with Gasteiger partial charge in [0.15, 0.2) is 0 Å². The van der Waals surface area contributed by atoms with Crippen LogP contribution in [0, 0.1) is 5.92 Å². The first-order valence-electron chi connectivity index (χ1n) is 6.87. The summed E-state index contributed by atoms with van der Waals surface area (Å²) >= 11 is 0. The molecule has 2 heterocycles. The third-order valence-corrected chi connectivity index (χ3v) is 3.91. The van der Waals surface area contributed by atoms with Crippen LogP contribution in [-0.2, 0) is 20.7 Å². The van der Waals surface area contributed by atoms with Gasteiger partial charge in [-0.15, -0.1) is 0 Å². The van der Waals surface area contributed by atoms with Gasteiger partial charge >= 0.3 is 5.97 Å². The number of ether oxygens (including phenoxy) is 2. The van der Waals surface area contributed by atoms with Crippen molar-refractivity contribution in [2.24, 2.45) is 5.92 Å². The first-order valence-corrected chi connectivity index (χ1v) is 6.87. The normalized spacial score (nSPS) is 29.2. The molecule has 3 rings (SSSR count). The third-order valence-electron chi connectivity index (χ3n) is 3.91. The van der Waals surface area contributed by atoms with Gasteiger partial charge in [-0.3, -0.25) is 10.1 Å². The molecule has 0 saturated carbocycles. The summed E-state index contributed by atoms with van der Waals surface area (Å²) in [5.41, 5.74) is 1.19. The third kappa shape index (κ3) is 2.96. The largest absolute Gasteiger partial charge is 0.464 e. The lowest BCUT2D eigenvalue weighted by atomic mass is 10.0. The van der Waals surface area contributed by atoms with Crippen LogP contribution < -0.4 is 5.32 Å². The molecule has 1 aromatic rings. The molecule has 4 heteroatoms. The van der Waals surface area contributed by atoms with E-state index >= 15 is 0 Å². The van der Waals surface area contributed by atoms with Crippen LogP contribution >= 0.6 is 0 Å². The van der Waals surface area contributed by atoms with Gasteiger partial charge in [0.1, 0.15) is 6.04 Å². The van der Waals surface area contributed by atoms with Crippen molar-refractivity contribution in [2.75, 3.05) is 19.8 Å². The van der Waals surface area contributed by atoms with Crippen molar-refractivity contribution < 1.29 is 14.3 Å². The standard InChI is InChI=1S/C15H19NO3/c17-15(13-8-12-9-18-10-14(12)16-13)19-7-6-11-4-2-1-3-5-11/h1-5,12-14,16H,6-10H2/t12-,13-,14+/m0/s1. The highest BCUT2D eigenvalue weighted by atomic mass is 16.5. The van der Waals surface area contributed by atoms with Gasteiger partial charge in [0.25, 0.3) is 0 Å². The molecule has 2 aliphatic rings. The van der Waals surface area contributed by atoms with E-state index in [0.717, 1.165) is 26.1 Å². The zero-order valence-electron chi connectivity index (χ0n) is 10.9. The molecule has 0 aromatic heterocycles. The maximum atomic E-state index is 11.9. The molecule has 0 amide bonds. The molecular weight excluding hydrogens is 242 g/mol. The summed E-state index contributed by atoms with van der Waals surface area (Å²) in [5.74, 6) is 0.358. The zero-order valence-corrected chi connectivity index (χ0v) is 10.9. The minimum absolute atomic E-state index is 0.120. The Morgan fingerprint density at radius 3 is 2.95 bits per heavy atom. The molecule has 102 valence electrons. The number of rotatable bonds is 4. The van der Waals surface area contributed by atoms with E-state index in [1.54, 1.807) is 0 Å². The van der Waals surface area contributed by atoms with E-state index in [1.165, 1.54) is 5.56 Å². The Kier molecular flexibility index (Phi) is 3.80. The molecular formula is C15H19NO3. The first kappa shape index (κ1) is 12.6. The van der Waals surface area contributed by atoms with E-state index < -0.39 is 0 Å².